The number of hydrogen-bond donors (Lipinski definition) is 1. The van der Waals surface area contributed by atoms with Gasteiger partial charge >= 0.3 is 6.18 Å². The molecule has 1 aromatic heterocycles. The standard InChI is InChI=1S/C15H17F3N2O/c16-15(17,18)14-19-12-3-1-2-4-13(12)20(14)11-7-5-10(9-21)6-8-11/h1-4,10-11,21H,5-9H2. The normalized spacial score (nSPS) is 23.6. The fourth-order valence-electron chi connectivity index (χ4n) is 3.20. The lowest BCUT2D eigenvalue weighted by Gasteiger charge is -2.30. The van der Waals surface area contributed by atoms with Crippen LogP contribution >= 0.6 is 0 Å². The van der Waals surface area contributed by atoms with E-state index >= 15 is 0 Å². The van der Waals surface area contributed by atoms with Crippen molar-refractivity contribution in [2.45, 2.75) is 37.9 Å². The predicted molar refractivity (Wildman–Crippen MR) is 72.8 cm³/mol. The average Bonchev–Trinajstić information content (AvgIpc) is 2.87. The molecule has 1 N–H and O–H groups in total. The van der Waals surface area contributed by atoms with Gasteiger partial charge < -0.3 is 9.67 Å². The van der Waals surface area contributed by atoms with Crippen LogP contribution in [-0.4, -0.2) is 21.3 Å². The van der Waals surface area contributed by atoms with Gasteiger partial charge in [-0.15, -0.1) is 0 Å². The molecule has 0 bridgehead atoms. The number of hydrogen-bond acceptors (Lipinski definition) is 2. The third-order valence-electron chi connectivity index (χ3n) is 4.29. The molecule has 21 heavy (non-hydrogen) atoms. The lowest BCUT2D eigenvalue weighted by molar-refractivity contribution is -0.147. The maximum Gasteiger partial charge on any atom is 0.449 e. The molecule has 2 aromatic rings. The monoisotopic (exact) mass is 298 g/mol. The quantitative estimate of drug-likeness (QED) is 0.916. The first-order valence-corrected chi connectivity index (χ1v) is 7.15. The number of nitrogens with zero attached hydrogens (tertiary/aromatic N) is 2. The van der Waals surface area contributed by atoms with Crippen molar-refractivity contribution >= 4 is 11.0 Å². The van der Waals surface area contributed by atoms with Crippen LogP contribution < -0.4 is 0 Å². The molecule has 0 aliphatic heterocycles. The smallest absolute Gasteiger partial charge is 0.396 e. The van der Waals surface area contributed by atoms with E-state index in [1.807, 2.05) is 0 Å². The number of rotatable bonds is 2. The van der Waals surface area contributed by atoms with Gasteiger partial charge in [-0.25, -0.2) is 4.98 Å². The largest absolute Gasteiger partial charge is 0.449 e. The molecule has 1 saturated carbocycles. The molecule has 0 unspecified atom stereocenters. The molecule has 3 nitrogen and oxygen atoms in total. The van der Waals surface area contributed by atoms with Crippen LogP contribution in [0, 0.1) is 5.92 Å². The summed E-state index contributed by atoms with van der Waals surface area (Å²) >= 11 is 0. The van der Waals surface area contributed by atoms with Gasteiger partial charge in [0.05, 0.1) is 11.0 Å². The zero-order valence-electron chi connectivity index (χ0n) is 11.5. The molecule has 0 saturated heterocycles. The van der Waals surface area contributed by atoms with Gasteiger partial charge in [0.1, 0.15) is 0 Å². The predicted octanol–water partition coefficient (Wildman–Crippen LogP) is 3.78. The third kappa shape index (κ3) is 2.64. The number of aromatic nitrogens is 2. The average molecular weight is 298 g/mol. The highest BCUT2D eigenvalue weighted by Gasteiger charge is 2.39. The van der Waals surface area contributed by atoms with Crippen LogP contribution in [0.2, 0.25) is 0 Å². The van der Waals surface area contributed by atoms with Gasteiger partial charge in [0.2, 0.25) is 5.82 Å². The summed E-state index contributed by atoms with van der Waals surface area (Å²) in [6.07, 6.45) is -1.65. The van der Waals surface area contributed by atoms with E-state index in [9.17, 15) is 13.2 Å². The Hall–Kier alpha value is -1.56. The number of aliphatic hydroxyl groups is 1. The maximum atomic E-state index is 13.3. The summed E-state index contributed by atoms with van der Waals surface area (Å²) in [5.41, 5.74) is 0.923. The Labute approximate surface area is 120 Å². The molecule has 1 aromatic carbocycles. The molecule has 3 rings (SSSR count). The molecule has 0 radical (unpaired) electrons. The molecule has 0 amide bonds. The molecule has 0 spiro atoms. The maximum absolute atomic E-state index is 13.3. The van der Waals surface area contributed by atoms with Crippen molar-refractivity contribution in [3.8, 4) is 0 Å². The highest BCUT2D eigenvalue weighted by Crippen LogP contribution is 2.39. The Kier molecular flexibility index (Phi) is 3.65. The van der Waals surface area contributed by atoms with Crippen LogP contribution in [0.25, 0.3) is 11.0 Å². The summed E-state index contributed by atoms with van der Waals surface area (Å²) in [6.45, 7) is 0.115. The van der Waals surface area contributed by atoms with Gasteiger partial charge in [-0.05, 0) is 43.7 Å². The van der Waals surface area contributed by atoms with Gasteiger partial charge in [-0.3, -0.25) is 0 Å². The zero-order valence-corrected chi connectivity index (χ0v) is 11.5. The third-order valence-corrected chi connectivity index (χ3v) is 4.29. The van der Waals surface area contributed by atoms with Gasteiger partial charge in [-0.1, -0.05) is 12.1 Å². The molecule has 114 valence electrons. The lowest BCUT2D eigenvalue weighted by atomic mass is 9.86. The van der Waals surface area contributed by atoms with Crippen molar-refractivity contribution in [2.75, 3.05) is 6.61 Å². The lowest BCUT2D eigenvalue weighted by Crippen LogP contribution is -2.24. The number of benzene rings is 1. The molecular weight excluding hydrogens is 281 g/mol. The van der Waals surface area contributed by atoms with E-state index in [4.69, 9.17) is 5.11 Å². The van der Waals surface area contributed by atoms with E-state index in [0.29, 0.717) is 23.9 Å². The number of fused-ring (bicyclic) bond motifs is 1. The zero-order chi connectivity index (χ0) is 15.0. The van der Waals surface area contributed by atoms with Crippen LogP contribution in [0.4, 0.5) is 13.2 Å². The molecule has 1 heterocycles. The second-order valence-corrected chi connectivity index (χ2v) is 5.65. The minimum atomic E-state index is -4.45. The summed E-state index contributed by atoms with van der Waals surface area (Å²) < 4.78 is 41.1. The first-order valence-electron chi connectivity index (χ1n) is 7.15. The van der Waals surface area contributed by atoms with Crippen molar-refractivity contribution < 1.29 is 18.3 Å². The molecule has 1 aliphatic rings. The van der Waals surface area contributed by atoms with Gasteiger partial charge in [0.15, 0.2) is 0 Å². The van der Waals surface area contributed by atoms with E-state index in [0.717, 1.165) is 12.8 Å². The Morgan fingerprint density at radius 3 is 2.43 bits per heavy atom. The minimum Gasteiger partial charge on any atom is -0.396 e. The van der Waals surface area contributed by atoms with Gasteiger partial charge in [0, 0.05) is 12.6 Å². The van der Waals surface area contributed by atoms with E-state index in [1.165, 1.54) is 4.57 Å². The first kappa shape index (κ1) is 14.4. The van der Waals surface area contributed by atoms with Gasteiger partial charge in [0.25, 0.3) is 0 Å². The van der Waals surface area contributed by atoms with Crippen LogP contribution in [0.1, 0.15) is 37.5 Å². The number of alkyl halides is 3. The second kappa shape index (κ2) is 5.33. The Balaban J connectivity index is 2.04. The molecule has 6 heteroatoms. The van der Waals surface area contributed by atoms with Crippen LogP contribution in [0.5, 0.6) is 0 Å². The molecule has 0 atom stereocenters. The highest BCUT2D eigenvalue weighted by atomic mass is 19.4. The SMILES string of the molecule is OCC1CCC(n2c(C(F)(F)F)nc3ccccc32)CC1. The van der Waals surface area contributed by atoms with E-state index in [2.05, 4.69) is 4.98 Å². The molecule has 1 aliphatic carbocycles. The molecular formula is C15H17F3N2O. The van der Waals surface area contributed by atoms with Crippen LogP contribution in [0.3, 0.4) is 0 Å². The van der Waals surface area contributed by atoms with Crippen molar-refractivity contribution in [1.29, 1.82) is 0 Å². The van der Waals surface area contributed by atoms with Crippen LogP contribution in [0.15, 0.2) is 24.3 Å². The van der Waals surface area contributed by atoms with Crippen molar-refractivity contribution in [3.63, 3.8) is 0 Å². The summed E-state index contributed by atoms with van der Waals surface area (Å²) in [6, 6.07) is 6.54. The number of halogens is 3. The fourth-order valence-corrected chi connectivity index (χ4v) is 3.20. The summed E-state index contributed by atoms with van der Waals surface area (Å²) in [5, 5.41) is 9.16. The van der Waals surface area contributed by atoms with Gasteiger partial charge in [-0.2, -0.15) is 13.2 Å². The number of imidazole rings is 1. The van der Waals surface area contributed by atoms with Crippen molar-refractivity contribution in [3.05, 3.63) is 30.1 Å². The number of aliphatic hydroxyl groups excluding tert-OH is 1. The Morgan fingerprint density at radius 2 is 1.81 bits per heavy atom. The first-order chi connectivity index (χ1) is 10.0. The van der Waals surface area contributed by atoms with E-state index in [1.54, 1.807) is 24.3 Å². The van der Waals surface area contributed by atoms with Crippen LogP contribution in [-0.2, 0) is 6.18 Å². The highest BCUT2D eigenvalue weighted by molar-refractivity contribution is 5.76. The Morgan fingerprint density at radius 1 is 1.14 bits per heavy atom. The second-order valence-electron chi connectivity index (χ2n) is 5.65. The van der Waals surface area contributed by atoms with E-state index in [-0.39, 0.29) is 18.6 Å². The summed E-state index contributed by atoms with van der Waals surface area (Å²) in [5.74, 6) is -0.596. The summed E-state index contributed by atoms with van der Waals surface area (Å²) in [7, 11) is 0. The topological polar surface area (TPSA) is 38.0 Å². The summed E-state index contributed by atoms with van der Waals surface area (Å²) in [4.78, 5) is 3.79. The Bertz CT molecular complexity index is 627. The van der Waals surface area contributed by atoms with Crippen molar-refractivity contribution in [2.24, 2.45) is 5.92 Å². The fraction of sp³-hybridized carbons (Fsp3) is 0.533. The number of para-hydroxylation sites is 2. The minimum absolute atomic E-state index is 0.115. The van der Waals surface area contributed by atoms with E-state index < -0.39 is 12.0 Å². The molecule has 1 fully saturated rings. The van der Waals surface area contributed by atoms with Crippen molar-refractivity contribution in [1.82, 2.24) is 9.55 Å².